The van der Waals surface area contributed by atoms with Crippen molar-refractivity contribution >= 4 is 0 Å². The van der Waals surface area contributed by atoms with Gasteiger partial charge in [-0.25, -0.2) is 0 Å². The van der Waals surface area contributed by atoms with Gasteiger partial charge in [-0.3, -0.25) is 0 Å². The molecule has 0 aromatic heterocycles. The second kappa shape index (κ2) is 4.03. The molecule has 2 heterocycles. The minimum Gasteiger partial charge on any atom is -0.386 e. The third-order valence-corrected chi connectivity index (χ3v) is 3.93. The maximum Gasteiger partial charge on any atom is 0.117 e. The Morgan fingerprint density at radius 3 is 2.53 bits per heavy atom. The smallest absolute Gasteiger partial charge is 0.117 e. The first-order chi connectivity index (χ1) is 8.15. The van der Waals surface area contributed by atoms with E-state index in [9.17, 15) is 15.3 Å². The molecular weight excluding hydrogens is 224 g/mol. The Bertz CT molecular complexity index is 353. The first-order valence-corrected chi connectivity index (χ1v) is 6.19. The van der Waals surface area contributed by atoms with Crippen molar-refractivity contribution in [1.82, 2.24) is 0 Å². The second-order valence-electron chi connectivity index (χ2n) is 5.02. The molecule has 0 aromatic carbocycles. The molecule has 2 aliphatic heterocycles. The van der Waals surface area contributed by atoms with Crippen LogP contribution in [0.3, 0.4) is 0 Å². The predicted molar refractivity (Wildman–Crippen MR) is 58.4 cm³/mol. The van der Waals surface area contributed by atoms with Crippen molar-refractivity contribution in [3.05, 3.63) is 11.1 Å². The van der Waals surface area contributed by atoms with E-state index in [2.05, 4.69) is 0 Å². The number of aliphatic hydroxyl groups is 3. The molecule has 3 N–H and O–H groups in total. The molecular formula is C12H18O5. The van der Waals surface area contributed by atoms with E-state index in [0.29, 0.717) is 11.1 Å². The first-order valence-electron chi connectivity index (χ1n) is 6.19. The van der Waals surface area contributed by atoms with Crippen LogP contribution in [0.5, 0.6) is 0 Å². The van der Waals surface area contributed by atoms with Gasteiger partial charge in [0.15, 0.2) is 0 Å². The van der Waals surface area contributed by atoms with Crippen molar-refractivity contribution < 1.29 is 24.8 Å². The lowest BCUT2D eigenvalue weighted by Crippen LogP contribution is -2.48. The van der Waals surface area contributed by atoms with Gasteiger partial charge < -0.3 is 24.8 Å². The van der Waals surface area contributed by atoms with E-state index in [1.165, 1.54) is 0 Å². The molecule has 6 unspecified atom stereocenters. The van der Waals surface area contributed by atoms with Crippen molar-refractivity contribution in [3.63, 3.8) is 0 Å². The van der Waals surface area contributed by atoms with Crippen molar-refractivity contribution in [2.45, 2.75) is 56.4 Å². The summed E-state index contributed by atoms with van der Waals surface area (Å²) >= 11 is 0. The highest BCUT2D eigenvalue weighted by Gasteiger charge is 2.58. The summed E-state index contributed by atoms with van der Waals surface area (Å²) in [6.45, 7) is 2.30. The maximum absolute atomic E-state index is 10.2. The lowest BCUT2D eigenvalue weighted by Gasteiger charge is -2.37. The molecule has 0 spiro atoms. The van der Waals surface area contributed by atoms with Gasteiger partial charge >= 0.3 is 0 Å². The number of fused-ring (bicyclic) bond motifs is 1. The highest BCUT2D eigenvalue weighted by molar-refractivity contribution is 5.37. The van der Waals surface area contributed by atoms with E-state index < -0.39 is 18.3 Å². The molecule has 5 heteroatoms. The average Bonchev–Trinajstić information content (AvgIpc) is 3.09. The standard InChI is InChI=1S/C12H18O5/c1-2-3-6-9(14)7-5(4-16-6)8(13)11-12(17-11)10(7)15/h6,8-15H,2-4H2,1H3. The van der Waals surface area contributed by atoms with Crippen LogP contribution in [0.2, 0.25) is 0 Å². The van der Waals surface area contributed by atoms with Crippen LogP contribution in [-0.2, 0) is 9.47 Å². The molecule has 0 radical (unpaired) electrons. The normalized spacial score (nSPS) is 48.7. The largest absolute Gasteiger partial charge is 0.386 e. The Labute approximate surface area is 99.7 Å². The van der Waals surface area contributed by atoms with Crippen LogP contribution in [0.4, 0.5) is 0 Å². The van der Waals surface area contributed by atoms with Crippen LogP contribution in [0.25, 0.3) is 0 Å². The van der Waals surface area contributed by atoms with E-state index in [1.54, 1.807) is 0 Å². The molecule has 1 fully saturated rings. The number of ether oxygens (including phenoxy) is 2. The molecule has 3 rings (SSSR count). The minimum atomic E-state index is -0.825. The van der Waals surface area contributed by atoms with E-state index >= 15 is 0 Å². The number of aliphatic hydroxyl groups excluding tert-OH is 3. The molecule has 96 valence electrons. The average molecular weight is 242 g/mol. The fourth-order valence-corrected chi connectivity index (χ4v) is 2.93. The summed E-state index contributed by atoms with van der Waals surface area (Å²) in [7, 11) is 0. The van der Waals surface area contributed by atoms with Crippen LogP contribution in [-0.4, -0.2) is 58.6 Å². The fraction of sp³-hybridized carbons (Fsp3) is 0.833. The third kappa shape index (κ3) is 1.65. The van der Waals surface area contributed by atoms with Gasteiger partial charge in [0.25, 0.3) is 0 Å². The molecule has 0 saturated carbocycles. The van der Waals surface area contributed by atoms with Crippen molar-refractivity contribution in [1.29, 1.82) is 0 Å². The van der Waals surface area contributed by atoms with Gasteiger partial charge in [0, 0.05) is 0 Å². The molecule has 1 aliphatic carbocycles. The maximum atomic E-state index is 10.2. The molecule has 6 atom stereocenters. The Hall–Kier alpha value is -0.460. The van der Waals surface area contributed by atoms with Crippen LogP contribution >= 0.6 is 0 Å². The van der Waals surface area contributed by atoms with Crippen LogP contribution in [0.15, 0.2) is 11.1 Å². The van der Waals surface area contributed by atoms with E-state index in [0.717, 1.165) is 12.8 Å². The van der Waals surface area contributed by atoms with Crippen molar-refractivity contribution in [3.8, 4) is 0 Å². The van der Waals surface area contributed by atoms with Crippen molar-refractivity contribution in [2.24, 2.45) is 0 Å². The van der Waals surface area contributed by atoms with E-state index in [4.69, 9.17) is 9.47 Å². The minimum absolute atomic E-state index is 0.280. The summed E-state index contributed by atoms with van der Waals surface area (Å²) in [5.41, 5.74) is 1.14. The highest BCUT2D eigenvalue weighted by atomic mass is 16.6. The molecule has 3 aliphatic rings. The SMILES string of the molecule is CCCC1OCC2=C(C1O)C(O)C1OC1C2O. The lowest BCUT2D eigenvalue weighted by molar-refractivity contribution is -0.0522. The van der Waals surface area contributed by atoms with Gasteiger partial charge in [-0.2, -0.15) is 0 Å². The number of epoxide rings is 1. The summed E-state index contributed by atoms with van der Waals surface area (Å²) in [4.78, 5) is 0. The summed E-state index contributed by atoms with van der Waals surface area (Å²) < 4.78 is 10.8. The molecule has 17 heavy (non-hydrogen) atoms. The zero-order chi connectivity index (χ0) is 12.2. The molecule has 5 nitrogen and oxygen atoms in total. The Balaban J connectivity index is 1.89. The van der Waals surface area contributed by atoms with Gasteiger partial charge in [0.05, 0.1) is 12.7 Å². The summed E-state index contributed by atoms with van der Waals surface area (Å²) in [6.07, 6.45) is -1.65. The number of hydrogen-bond acceptors (Lipinski definition) is 5. The predicted octanol–water partition coefficient (Wildman–Crippen LogP) is -0.654. The molecule has 0 amide bonds. The summed E-state index contributed by atoms with van der Waals surface area (Å²) in [5, 5.41) is 30.3. The van der Waals surface area contributed by atoms with Gasteiger partial charge in [-0.1, -0.05) is 13.3 Å². The van der Waals surface area contributed by atoms with E-state index in [-0.39, 0.29) is 24.9 Å². The third-order valence-electron chi connectivity index (χ3n) is 3.93. The van der Waals surface area contributed by atoms with Gasteiger partial charge in [0.1, 0.15) is 30.5 Å². The zero-order valence-electron chi connectivity index (χ0n) is 9.74. The van der Waals surface area contributed by atoms with Gasteiger partial charge in [0.2, 0.25) is 0 Å². The number of rotatable bonds is 2. The molecule has 1 saturated heterocycles. The fourth-order valence-electron chi connectivity index (χ4n) is 2.93. The van der Waals surface area contributed by atoms with Crippen LogP contribution in [0.1, 0.15) is 19.8 Å². The quantitative estimate of drug-likeness (QED) is 0.442. The first kappa shape index (κ1) is 11.6. The van der Waals surface area contributed by atoms with Gasteiger partial charge in [-0.05, 0) is 17.6 Å². The van der Waals surface area contributed by atoms with Crippen LogP contribution < -0.4 is 0 Å². The monoisotopic (exact) mass is 242 g/mol. The Morgan fingerprint density at radius 2 is 1.82 bits per heavy atom. The number of hydrogen-bond donors (Lipinski definition) is 3. The zero-order valence-corrected chi connectivity index (χ0v) is 9.74. The Kier molecular flexibility index (Phi) is 2.76. The Morgan fingerprint density at radius 1 is 1.12 bits per heavy atom. The van der Waals surface area contributed by atoms with Crippen molar-refractivity contribution in [2.75, 3.05) is 6.61 Å². The molecule has 0 aromatic rings. The molecule has 0 bridgehead atoms. The lowest BCUT2D eigenvalue weighted by atomic mass is 9.81. The van der Waals surface area contributed by atoms with Gasteiger partial charge in [-0.15, -0.1) is 0 Å². The highest BCUT2D eigenvalue weighted by Crippen LogP contribution is 2.44. The van der Waals surface area contributed by atoms with E-state index in [1.807, 2.05) is 6.92 Å². The van der Waals surface area contributed by atoms with Crippen LogP contribution in [0, 0.1) is 0 Å². The summed E-state index contributed by atoms with van der Waals surface area (Å²) in [6, 6.07) is 0. The second-order valence-corrected chi connectivity index (χ2v) is 5.02. The topological polar surface area (TPSA) is 82.5 Å². The summed E-state index contributed by atoms with van der Waals surface area (Å²) in [5.74, 6) is 0.